The van der Waals surface area contributed by atoms with E-state index in [0.29, 0.717) is 6.42 Å². The Bertz CT molecular complexity index is 359. The molecule has 0 radical (unpaired) electrons. The minimum absolute atomic E-state index is 0.111. The molecular weight excluding hydrogens is 190 g/mol. The quantitative estimate of drug-likeness (QED) is 0.754. The molecule has 0 saturated heterocycles. The van der Waals surface area contributed by atoms with Gasteiger partial charge in [0, 0.05) is 14.1 Å². The van der Waals surface area contributed by atoms with Crippen molar-refractivity contribution in [1.29, 1.82) is 0 Å². The summed E-state index contributed by atoms with van der Waals surface area (Å²) < 4.78 is 5.16. The van der Waals surface area contributed by atoms with Crippen LogP contribution in [-0.2, 0) is 11.2 Å². The van der Waals surface area contributed by atoms with Crippen LogP contribution in [0, 0.1) is 6.92 Å². The summed E-state index contributed by atoms with van der Waals surface area (Å²) in [6, 6.07) is 5.81. The Balaban J connectivity index is 2.80. The Morgan fingerprint density at radius 2 is 2.07 bits per heavy atom. The third-order valence-electron chi connectivity index (χ3n) is 2.31. The molecule has 0 fully saturated rings. The molecule has 0 aromatic heterocycles. The highest BCUT2D eigenvalue weighted by Gasteiger charge is 2.06. The van der Waals surface area contributed by atoms with Crippen molar-refractivity contribution < 1.29 is 9.53 Å². The number of benzene rings is 1. The normalized spacial score (nSPS) is 9.87. The Kier molecular flexibility index (Phi) is 3.72. The minimum atomic E-state index is 0.111. The van der Waals surface area contributed by atoms with E-state index in [9.17, 15) is 4.79 Å². The lowest BCUT2D eigenvalue weighted by molar-refractivity contribution is -0.127. The van der Waals surface area contributed by atoms with Crippen LogP contribution in [0.25, 0.3) is 0 Å². The van der Waals surface area contributed by atoms with E-state index in [1.165, 1.54) is 0 Å². The maximum Gasteiger partial charge on any atom is 0.226 e. The molecular formula is C12H17NO2. The fourth-order valence-electron chi connectivity index (χ4n) is 1.38. The Hall–Kier alpha value is -1.51. The van der Waals surface area contributed by atoms with Crippen LogP contribution < -0.4 is 4.74 Å². The van der Waals surface area contributed by atoms with E-state index in [1.54, 1.807) is 26.1 Å². The highest BCUT2D eigenvalue weighted by molar-refractivity contribution is 5.78. The average Bonchev–Trinajstić information content (AvgIpc) is 2.18. The number of carbonyl (C=O) groups excluding carboxylic acids is 1. The second-order valence-electron chi connectivity index (χ2n) is 3.77. The topological polar surface area (TPSA) is 29.5 Å². The van der Waals surface area contributed by atoms with E-state index in [2.05, 4.69) is 0 Å². The summed E-state index contributed by atoms with van der Waals surface area (Å²) in [5.41, 5.74) is 2.08. The van der Waals surface area contributed by atoms with Gasteiger partial charge in [0.2, 0.25) is 5.91 Å². The standard InChI is InChI=1S/C12H17NO2/c1-9-7-10(5-6-11(9)15-4)8-12(14)13(2)3/h5-7H,8H2,1-4H3. The van der Waals surface area contributed by atoms with Gasteiger partial charge in [-0.25, -0.2) is 0 Å². The molecule has 1 amide bonds. The third kappa shape index (κ3) is 2.98. The summed E-state index contributed by atoms with van der Waals surface area (Å²) >= 11 is 0. The van der Waals surface area contributed by atoms with Crippen LogP contribution in [0.4, 0.5) is 0 Å². The second-order valence-corrected chi connectivity index (χ2v) is 3.77. The molecule has 1 aromatic rings. The monoisotopic (exact) mass is 207 g/mol. The fraction of sp³-hybridized carbons (Fsp3) is 0.417. The predicted octanol–water partition coefficient (Wildman–Crippen LogP) is 1.63. The molecule has 3 nitrogen and oxygen atoms in total. The molecule has 1 rings (SSSR count). The first-order chi connectivity index (χ1) is 7.04. The summed E-state index contributed by atoms with van der Waals surface area (Å²) in [6.07, 6.45) is 0.442. The van der Waals surface area contributed by atoms with Gasteiger partial charge >= 0.3 is 0 Å². The summed E-state index contributed by atoms with van der Waals surface area (Å²) in [7, 11) is 5.17. The third-order valence-corrected chi connectivity index (χ3v) is 2.31. The van der Waals surface area contributed by atoms with Gasteiger partial charge in [0.1, 0.15) is 5.75 Å². The average molecular weight is 207 g/mol. The molecule has 0 atom stereocenters. The van der Waals surface area contributed by atoms with Crippen molar-refractivity contribution in [3.8, 4) is 5.75 Å². The van der Waals surface area contributed by atoms with Crippen LogP contribution in [-0.4, -0.2) is 32.0 Å². The first-order valence-electron chi connectivity index (χ1n) is 4.88. The number of rotatable bonds is 3. The molecule has 0 N–H and O–H groups in total. The summed E-state index contributed by atoms with van der Waals surface area (Å²) in [4.78, 5) is 13.1. The number of carbonyl (C=O) groups is 1. The summed E-state index contributed by atoms with van der Waals surface area (Å²) in [5, 5.41) is 0. The van der Waals surface area contributed by atoms with Crippen molar-refractivity contribution >= 4 is 5.91 Å². The van der Waals surface area contributed by atoms with Crippen molar-refractivity contribution in [3.05, 3.63) is 29.3 Å². The van der Waals surface area contributed by atoms with E-state index in [1.807, 2.05) is 25.1 Å². The van der Waals surface area contributed by atoms with Gasteiger partial charge in [0.15, 0.2) is 0 Å². The lowest BCUT2D eigenvalue weighted by Gasteiger charge is -2.11. The van der Waals surface area contributed by atoms with Gasteiger partial charge in [-0.1, -0.05) is 12.1 Å². The van der Waals surface area contributed by atoms with Gasteiger partial charge in [-0.15, -0.1) is 0 Å². The van der Waals surface area contributed by atoms with Crippen LogP contribution >= 0.6 is 0 Å². The highest BCUT2D eigenvalue weighted by Crippen LogP contribution is 2.18. The maximum absolute atomic E-state index is 11.5. The van der Waals surface area contributed by atoms with E-state index in [0.717, 1.165) is 16.9 Å². The zero-order valence-electron chi connectivity index (χ0n) is 9.70. The van der Waals surface area contributed by atoms with E-state index in [4.69, 9.17) is 4.74 Å². The van der Waals surface area contributed by atoms with Crippen molar-refractivity contribution in [3.63, 3.8) is 0 Å². The maximum atomic E-state index is 11.5. The number of nitrogens with zero attached hydrogens (tertiary/aromatic N) is 1. The van der Waals surface area contributed by atoms with Gasteiger partial charge in [0.05, 0.1) is 13.5 Å². The molecule has 0 aliphatic rings. The van der Waals surface area contributed by atoms with Crippen LogP contribution in [0.2, 0.25) is 0 Å². The molecule has 0 unspecified atom stereocenters. The molecule has 3 heteroatoms. The zero-order chi connectivity index (χ0) is 11.4. The van der Waals surface area contributed by atoms with Crippen LogP contribution in [0.5, 0.6) is 5.75 Å². The SMILES string of the molecule is COc1ccc(CC(=O)N(C)C)cc1C. The molecule has 0 spiro atoms. The van der Waals surface area contributed by atoms with Gasteiger partial charge in [-0.05, 0) is 24.1 Å². The Morgan fingerprint density at radius 1 is 1.40 bits per heavy atom. The number of methoxy groups -OCH3 is 1. The fourth-order valence-corrected chi connectivity index (χ4v) is 1.38. The Labute approximate surface area is 90.7 Å². The number of hydrogen-bond donors (Lipinski definition) is 0. The first-order valence-corrected chi connectivity index (χ1v) is 4.88. The predicted molar refractivity (Wildman–Crippen MR) is 60.1 cm³/mol. The minimum Gasteiger partial charge on any atom is -0.496 e. The lowest BCUT2D eigenvalue weighted by atomic mass is 10.1. The molecule has 0 bridgehead atoms. The van der Waals surface area contributed by atoms with E-state index in [-0.39, 0.29) is 5.91 Å². The number of amides is 1. The molecule has 1 aromatic carbocycles. The summed E-state index contributed by atoms with van der Waals surface area (Å²) in [5.74, 6) is 0.968. The van der Waals surface area contributed by atoms with Crippen molar-refractivity contribution in [2.45, 2.75) is 13.3 Å². The van der Waals surface area contributed by atoms with Gasteiger partial charge in [0.25, 0.3) is 0 Å². The Morgan fingerprint density at radius 3 is 2.53 bits per heavy atom. The number of hydrogen-bond acceptors (Lipinski definition) is 2. The van der Waals surface area contributed by atoms with Crippen molar-refractivity contribution in [2.75, 3.05) is 21.2 Å². The molecule has 0 saturated carbocycles. The number of aryl methyl sites for hydroxylation is 1. The number of likely N-dealkylation sites (N-methyl/N-ethyl adjacent to an activating group) is 1. The van der Waals surface area contributed by atoms with Crippen LogP contribution in [0.15, 0.2) is 18.2 Å². The molecule has 15 heavy (non-hydrogen) atoms. The van der Waals surface area contributed by atoms with E-state index < -0.39 is 0 Å². The van der Waals surface area contributed by atoms with Crippen molar-refractivity contribution in [1.82, 2.24) is 4.90 Å². The van der Waals surface area contributed by atoms with Gasteiger partial charge in [-0.3, -0.25) is 4.79 Å². The smallest absolute Gasteiger partial charge is 0.226 e. The first kappa shape index (κ1) is 11.6. The molecule has 82 valence electrons. The van der Waals surface area contributed by atoms with Crippen LogP contribution in [0.3, 0.4) is 0 Å². The van der Waals surface area contributed by atoms with Gasteiger partial charge in [-0.2, -0.15) is 0 Å². The number of ether oxygens (including phenoxy) is 1. The second kappa shape index (κ2) is 4.82. The van der Waals surface area contributed by atoms with E-state index >= 15 is 0 Å². The molecule has 0 aliphatic heterocycles. The van der Waals surface area contributed by atoms with Crippen molar-refractivity contribution in [2.24, 2.45) is 0 Å². The summed E-state index contributed by atoms with van der Waals surface area (Å²) in [6.45, 7) is 1.97. The van der Waals surface area contributed by atoms with Crippen LogP contribution in [0.1, 0.15) is 11.1 Å². The van der Waals surface area contributed by atoms with Gasteiger partial charge < -0.3 is 9.64 Å². The highest BCUT2D eigenvalue weighted by atomic mass is 16.5. The molecule has 0 heterocycles. The lowest BCUT2D eigenvalue weighted by Crippen LogP contribution is -2.23. The zero-order valence-corrected chi connectivity index (χ0v) is 9.70. The molecule has 0 aliphatic carbocycles. The largest absolute Gasteiger partial charge is 0.496 e.